The summed E-state index contributed by atoms with van der Waals surface area (Å²) in [5.41, 5.74) is 1.68. The molecule has 5 heteroatoms. The summed E-state index contributed by atoms with van der Waals surface area (Å²) in [4.78, 5) is 12.5. The highest BCUT2D eigenvalue weighted by Gasteiger charge is 2.28. The zero-order valence-corrected chi connectivity index (χ0v) is 14.3. The predicted molar refractivity (Wildman–Crippen MR) is 94.7 cm³/mol. The molecule has 1 heterocycles. The van der Waals surface area contributed by atoms with Gasteiger partial charge in [-0.05, 0) is 30.2 Å². The van der Waals surface area contributed by atoms with E-state index in [2.05, 4.69) is 5.32 Å². The maximum atomic E-state index is 12.5. The molecule has 3 rings (SSSR count). The smallest absolute Gasteiger partial charge is 0.251 e. The highest BCUT2D eigenvalue weighted by Crippen LogP contribution is 2.16. The number of rotatable bonds is 6. The van der Waals surface area contributed by atoms with Crippen LogP contribution in [0.3, 0.4) is 0 Å². The van der Waals surface area contributed by atoms with Crippen LogP contribution in [0.5, 0.6) is 5.75 Å². The lowest BCUT2D eigenvalue weighted by Crippen LogP contribution is -2.49. The Bertz CT molecular complexity index is 689. The van der Waals surface area contributed by atoms with Crippen LogP contribution < -0.4 is 10.1 Å². The van der Waals surface area contributed by atoms with Gasteiger partial charge in [-0.15, -0.1) is 0 Å². The first-order valence-corrected chi connectivity index (χ1v) is 8.44. The Hall–Kier alpha value is -2.37. The van der Waals surface area contributed by atoms with E-state index >= 15 is 0 Å². The number of hydrogen-bond donors (Lipinski definition) is 1. The molecule has 25 heavy (non-hydrogen) atoms. The number of hydrogen-bond acceptors (Lipinski definition) is 4. The van der Waals surface area contributed by atoms with Crippen molar-refractivity contribution >= 4 is 5.91 Å². The van der Waals surface area contributed by atoms with Crippen molar-refractivity contribution in [1.29, 1.82) is 0 Å². The molecular formula is C20H23NO4. The highest BCUT2D eigenvalue weighted by molar-refractivity contribution is 5.94. The second kappa shape index (κ2) is 8.65. The van der Waals surface area contributed by atoms with Gasteiger partial charge in [0.25, 0.3) is 5.91 Å². The van der Waals surface area contributed by atoms with Crippen LogP contribution in [0.2, 0.25) is 0 Å². The Morgan fingerprint density at radius 1 is 1.20 bits per heavy atom. The van der Waals surface area contributed by atoms with Crippen molar-refractivity contribution < 1.29 is 19.0 Å². The number of amides is 1. The SMILES string of the molecule is COc1cccc(C(=O)N[C@@H]2CCOC[C@H]2OCc2ccccc2)c1. The predicted octanol–water partition coefficient (Wildman–Crippen LogP) is 2.80. The van der Waals surface area contributed by atoms with Crippen molar-refractivity contribution in [2.24, 2.45) is 0 Å². The summed E-state index contributed by atoms with van der Waals surface area (Å²) in [5, 5.41) is 3.07. The molecule has 1 saturated heterocycles. The average molecular weight is 341 g/mol. The number of ether oxygens (including phenoxy) is 3. The molecule has 1 amide bonds. The minimum Gasteiger partial charge on any atom is -0.497 e. The van der Waals surface area contributed by atoms with Crippen molar-refractivity contribution in [1.82, 2.24) is 5.32 Å². The molecule has 132 valence electrons. The van der Waals surface area contributed by atoms with Crippen LogP contribution >= 0.6 is 0 Å². The second-order valence-corrected chi connectivity index (χ2v) is 6.01. The van der Waals surface area contributed by atoms with Crippen molar-refractivity contribution in [3.63, 3.8) is 0 Å². The van der Waals surface area contributed by atoms with E-state index in [1.165, 1.54) is 0 Å². The maximum Gasteiger partial charge on any atom is 0.251 e. The van der Waals surface area contributed by atoms with Gasteiger partial charge in [-0.1, -0.05) is 36.4 Å². The minimum absolute atomic E-state index is 0.0730. The van der Waals surface area contributed by atoms with E-state index < -0.39 is 0 Å². The van der Waals surface area contributed by atoms with Crippen LogP contribution in [0.4, 0.5) is 0 Å². The van der Waals surface area contributed by atoms with E-state index in [0.717, 1.165) is 12.0 Å². The largest absolute Gasteiger partial charge is 0.497 e. The molecule has 1 fully saturated rings. The molecule has 0 radical (unpaired) electrons. The van der Waals surface area contributed by atoms with Gasteiger partial charge in [0.15, 0.2) is 0 Å². The summed E-state index contributed by atoms with van der Waals surface area (Å²) in [6, 6.07) is 17.0. The Kier molecular flexibility index (Phi) is 6.04. The molecule has 0 aliphatic carbocycles. The quantitative estimate of drug-likeness (QED) is 0.878. The Morgan fingerprint density at radius 2 is 2.04 bits per heavy atom. The zero-order valence-electron chi connectivity index (χ0n) is 14.3. The molecule has 0 spiro atoms. The van der Waals surface area contributed by atoms with Gasteiger partial charge < -0.3 is 19.5 Å². The lowest BCUT2D eigenvalue weighted by Gasteiger charge is -2.32. The molecule has 0 aromatic heterocycles. The van der Waals surface area contributed by atoms with E-state index in [-0.39, 0.29) is 18.1 Å². The fraction of sp³-hybridized carbons (Fsp3) is 0.350. The minimum atomic E-state index is -0.163. The molecule has 5 nitrogen and oxygen atoms in total. The second-order valence-electron chi connectivity index (χ2n) is 6.01. The molecular weight excluding hydrogens is 318 g/mol. The van der Waals surface area contributed by atoms with E-state index in [9.17, 15) is 4.79 Å². The summed E-state index contributed by atoms with van der Waals surface area (Å²) in [6.45, 7) is 1.60. The third kappa shape index (κ3) is 4.81. The Morgan fingerprint density at radius 3 is 2.84 bits per heavy atom. The maximum absolute atomic E-state index is 12.5. The van der Waals surface area contributed by atoms with E-state index in [0.29, 0.717) is 31.1 Å². The average Bonchev–Trinajstić information content (AvgIpc) is 2.68. The molecule has 2 aromatic rings. The van der Waals surface area contributed by atoms with Crippen LogP contribution in [0.15, 0.2) is 54.6 Å². The van der Waals surface area contributed by atoms with E-state index in [1.54, 1.807) is 25.3 Å². The summed E-state index contributed by atoms with van der Waals surface area (Å²) in [6.07, 6.45) is 0.568. The number of methoxy groups -OCH3 is 1. The standard InChI is InChI=1S/C20H23NO4/c1-23-17-9-5-8-16(12-17)20(22)21-18-10-11-24-14-19(18)25-13-15-6-3-2-4-7-15/h2-9,12,18-19H,10-11,13-14H2,1H3,(H,21,22)/t18-,19-/m1/s1. The third-order valence-corrected chi connectivity index (χ3v) is 4.26. The molecule has 0 unspecified atom stereocenters. The topological polar surface area (TPSA) is 56.8 Å². The fourth-order valence-electron chi connectivity index (χ4n) is 2.83. The van der Waals surface area contributed by atoms with Crippen molar-refractivity contribution in [3.8, 4) is 5.75 Å². The monoisotopic (exact) mass is 341 g/mol. The molecule has 1 aliphatic heterocycles. The molecule has 2 aromatic carbocycles. The summed E-state index contributed by atoms with van der Waals surface area (Å²) in [7, 11) is 1.59. The van der Waals surface area contributed by atoms with Crippen molar-refractivity contribution in [2.45, 2.75) is 25.2 Å². The van der Waals surface area contributed by atoms with Gasteiger partial charge in [0, 0.05) is 12.2 Å². The van der Waals surface area contributed by atoms with E-state index in [1.807, 2.05) is 36.4 Å². The summed E-state index contributed by atoms with van der Waals surface area (Å²) < 4.78 is 16.7. The number of nitrogens with one attached hydrogen (secondary N) is 1. The van der Waals surface area contributed by atoms with Gasteiger partial charge in [0.1, 0.15) is 11.9 Å². The number of benzene rings is 2. The summed E-state index contributed by atoms with van der Waals surface area (Å²) in [5.74, 6) is 0.538. The third-order valence-electron chi connectivity index (χ3n) is 4.26. The Labute approximate surface area is 147 Å². The Balaban J connectivity index is 1.61. The normalized spacial score (nSPS) is 20.0. The molecule has 0 bridgehead atoms. The molecule has 0 saturated carbocycles. The zero-order chi connectivity index (χ0) is 17.5. The molecule has 2 atom stereocenters. The van der Waals surface area contributed by atoms with Gasteiger partial charge >= 0.3 is 0 Å². The van der Waals surface area contributed by atoms with Crippen LogP contribution in [0.25, 0.3) is 0 Å². The van der Waals surface area contributed by atoms with Crippen LogP contribution in [0, 0.1) is 0 Å². The van der Waals surface area contributed by atoms with Gasteiger partial charge in [0.05, 0.1) is 26.4 Å². The first-order valence-electron chi connectivity index (χ1n) is 8.44. The van der Waals surface area contributed by atoms with Crippen LogP contribution in [0.1, 0.15) is 22.3 Å². The highest BCUT2D eigenvalue weighted by atomic mass is 16.5. The van der Waals surface area contributed by atoms with Crippen molar-refractivity contribution in [2.75, 3.05) is 20.3 Å². The molecule has 1 N–H and O–H groups in total. The number of carbonyl (C=O) groups is 1. The first-order chi connectivity index (χ1) is 12.3. The fourth-order valence-corrected chi connectivity index (χ4v) is 2.83. The van der Waals surface area contributed by atoms with Gasteiger partial charge in [0.2, 0.25) is 0 Å². The first kappa shape index (κ1) is 17.5. The lowest BCUT2D eigenvalue weighted by atomic mass is 10.0. The number of carbonyl (C=O) groups excluding carboxylic acids is 1. The summed E-state index contributed by atoms with van der Waals surface area (Å²) >= 11 is 0. The van der Waals surface area contributed by atoms with Crippen molar-refractivity contribution in [3.05, 3.63) is 65.7 Å². The van der Waals surface area contributed by atoms with Gasteiger partial charge in [-0.2, -0.15) is 0 Å². The van der Waals surface area contributed by atoms with Gasteiger partial charge in [-0.3, -0.25) is 4.79 Å². The molecule has 1 aliphatic rings. The lowest BCUT2D eigenvalue weighted by molar-refractivity contribution is -0.0736. The van der Waals surface area contributed by atoms with Crippen LogP contribution in [-0.4, -0.2) is 38.4 Å². The van der Waals surface area contributed by atoms with E-state index in [4.69, 9.17) is 14.2 Å². The van der Waals surface area contributed by atoms with Crippen LogP contribution in [-0.2, 0) is 16.1 Å². The van der Waals surface area contributed by atoms with Gasteiger partial charge in [-0.25, -0.2) is 0 Å².